The van der Waals surface area contributed by atoms with E-state index in [1.54, 1.807) is 53.4 Å². The van der Waals surface area contributed by atoms with Crippen molar-refractivity contribution in [1.29, 1.82) is 0 Å². The molecule has 2 heterocycles. The van der Waals surface area contributed by atoms with Crippen molar-refractivity contribution < 1.29 is 9.59 Å². The van der Waals surface area contributed by atoms with Crippen LogP contribution < -0.4 is 15.8 Å². The first-order chi connectivity index (χ1) is 15.6. The minimum atomic E-state index is -0.420. The Morgan fingerprint density at radius 2 is 1.50 bits per heavy atom. The van der Waals surface area contributed by atoms with Crippen LogP contribution in [0, 0.1) is 0 Å². The van der Waals surface area contributed by atoms with E-state index < -0.39 is 5.91 Å². The van der Waals surface area contributed by atoms with Gasteiger partial charge in [-0.1, -0.05) is 36.4 Å². The molecule has 0 aliphatic carbocycles. The van der Waals surface area contributed by atoms with E-state index in [9.17, 15) is 14.4 Å². The average molecular weight is 424 g/mol. The van der Waals surface area contributed by atoms with Crippen LogP contribution in [0.15, 0.2) is 83.7 Å². The van der Waals surface area contributed by atoms with Crippen LogP contribution in [-0.2, 0) is 4.79 Å². The topological polar surface area (TPSA) is 84.3 Å². The predicted molar refractivity (Wildman–Crippen MR) is 123 cm³/mol. The van der Waals surface area contributed by atoms with Gasteiger partial charge in [-0.05, 0) is 48.9 Å². The fourth-order valence-corrected chi connectivity index (χ4v) is 3.94. The number of amides is 2. The number of hydrogen-bond donors (Lipinski definition) is 1. The van der Waals surface area contributed by atoms with Crippen LogP contribution >= 0.6 is 0 Å². The lowest BCUT2D eigenvalue weighted by Gasteiger charge is -2.16. The van der Waals surface area contributed by atoms with E-state index in [0.29, 0.717) is 35.1 Å². The molecule has 158 valence electrons. The van der Waals surface area contributed by atoms with E-state index in [4.69, 9.17) is 0 Å². The van der Waals surface area contributed by atoms with Crippen molar-refractivity contribution in [2.24, 2.45) is 0 Å². The number of carbonyl (C=O) groups is 2. The molecule has 5 rings (SSSR count). The molecule has 4 aromatic rings. The molecule has 2 amide bonds. The van der Waals surface area contributed by atoms with E-state index >= 15 is 0 Å². The SMILES string of the molecule is O=C(Nc1ccc(N2CCCC2=O)cc1)c1nn(-c2ccccc2)c(=O)c2ccccc12. The predicted octanol–water partition coefficient (Wildman–Crippen LogP) is 3.76. The van der Waals surface area contributed by atoms with Gasteiger partial charge in [0.2, 0.25) is 5.91 Å². The van der Waals surface area contributed by atoms with Crippen LogP contribution in [0.1, 0.15) is 23.3 Å². The van der Waals surface area contributed by atoms with E-state index in [1.807, 2.05) is 30.3 Å². The molecule has 1 aliphatic heterocycles. The molecular formula is C25H20N4O3. The van der Waals surface area contributed by atoms with Gasteiger partial charge in [-0.25, -0.2) is 0 Å². The smallest absolute Gasteiger partial charge is 0.279 e. The van der Waals surface area contributed by atoms with Crippen LogP contribution in [0.3, 0.4) is 0 Å². The number of rotatable bonds is 4. The average Bonchev–Trinajstić information content (AvgIpc) is 3.26. The van der Waals surface area contributed by atoms with Gasteiger partial charge in [0.25, 0.3) is 11.5 Å². The second-order valence-corrected chi connectivity index (χ2v) is 7.60. The van der Waals surface area contributed by atoms with E-state index in [-0.39, 0.29) is 17.2 Å². The molecule has 1 N–H and O–H groups in total. The van der Waals surface area contributed by atoms with Crippen molar-refractivity contribution >= 4 is 34.0 Å². The zero-order chi connectivity index (χ0) is 22.1. The summed E-state index contributed by atoms with van der Waals surface area (Å²) < 4.78 is 1.25. The summed E-state index contributed by atoms with van der Waals surface area (Å²) in [6, 6.07) is 23.1. The van der Waals surface area contributed by atoms with Crippen molar-refractivity contribution in [2.45, 2.75) is 12.8 Å². The Labute approximate surface area is 183 Å². The maximum absolute atomic E-state index is 13.2. The first kappa shape index (κ1) is 19.7. The molecule has 7 nitrogen and oxygen atoms in total. The number of hydrogen-bond acceptors (Lipinski definition) is 4. The fraction of sp³-hybridized carbons (Fsp3) is 0.120. The Balaban J connectivity index is 1.50. The number of nitrogens with one attached hydrogen (secondary N) is 1. The second kappa shape index (κ2) is 8.11. The number of nitrogens with zero attached hydrogens (tertiary/aromatic N) is 3. The summed E-state index contributed by atoms with van der Waals surface area (Å²) in [6.07, 6.45) is 1.42. The van der Waals surface area contributed by atoms with Crippen LogP contribution in [0.5, 0.6) is 0 Å². The lowest BCUT2D eigenvalue weighted by Crippen LogP contribution is -2.26. The third-order valence-corrected chi connectivity index (χ3v) is 5.53. The molecular weight excluding hydrogens is 404 g/mol. The number of carbonyl (C=O) groups excluding carboxylic acids is 2. The minimum Gasteiger partial charge on any atom is -0.321 e. The van der Waals surface area contributed by atoms with Gasteiger partial charge >= 0.3 is 0 Å². The fourth-order valence-electron chi connectivity index (χ4n) is 3.94. The Morgan fingerprint density at radius 3 is 2.19 bits per heavy atom. The molecule has 1 saturated heterocycles. The summed E-state index contributed by atoms with van der Waals surface area (Å²) in [7, 11) is 0. The first-order valence-electron chi connectivity index (χ1n) is 10.4. The van der Waals surface area contributed by atoms with Gasteiger partial charge in [0, 0.05) is 29.7 Å². The van der Waals surface area contributed by atoms with Crippen molar-refractivity contribution in [3.63, 3.8) is 0 Å². The molecule has 0 radical (unpaired) electrons. The summed E-state index contributed by atoms with van der Waals surface area (Å²) in [5.74, 6) is -0.309. The third-order valence-electron chi connectivity index (χ3n) is 5.53. The molecule has 1 fully saturated rings. The summed E-state index contributed by atoms with van der Waals surface area (Å²) in [6.45, 7) is 0.710. The highest BCUT2D eigenvalue weighted by Crippen LogP contribution is 2.24. The van der Waals surface area contributed by atoms with Gasteiger partial charge in [-0.3, -0.25) is 14.4 Å². The van der Waals surface area contributed by atoms with Gasteiger partial charge in [0.05, 0.1) is 11.1 Å². The number of aromatic nitrogens is 2. The Morgan fingerprint density at radius 1 is 0.812 bits per heavy atom. The summed E-state index contributed by atoms with van der Waals surface area (Å²) in [5, 5.41) is 8.16. The van der Waals surface area contributed by atoms with Gasteiger partial charge < -0.3 is 10.2 Å². The summed E-state index contributed by atoms with van der Waals surface area (Å²) in [5.41, 5.74) is 1.84. The standard InChI is InChI=1S/C25H20N4O3/c30-22-11-6-16-28(22)18-14-12-17(13-15-18)26-24(31)23-20-9-4-5-10-21(20)25(32)29(27-23)19-7-2-1-3-8-19/h1-5,7-10,12-15H,6,11,16H2,(H,26,31). The second-order valence-electron chi connectivity index (χ2n) is 7.60. The van der Waals surface area contributed by atoms with E-state index in [1.165, 1.54) is 4.68 Å². The first-order valence-corrected chi connectivity index (χ1v) is 10.4. The maximum atomic E-state index is 13.2. The highest BCUT2D eigenvalue weighted by atomic mass is 16.2. The number of para-hydroxylation sites is 1. The Bertz CT molecular complexity index is 1380. The van der Waals surface area contributed by atoms with Crippen LogP contribution in [0.2, 0.25) is 0 Å². The Kier molecular flexibility index (Phi) is 4.99. The number of anilines is 2. The molecule has 0 atom stereocenters. The van der Waals surface area contributed by atoms with Gasteiger partial charge in [-0.15, -0.1) is 0 Å². The molecule has 0 spiro atoms. The van der Waals surface area contributed by atoms with Crippen LogP contribution in [0.4, 0.5) is 11.4 Å². The highest BCUT2D eigenvalue weighted by Gasteiger charge is 2.22. The molecule has 0 saturated carbocycles. The summed E-state index contributed by atoms with van der Waals surface area (Å²) in [4.78, 5) is 39.8. The largest absolute Gasteiger partial charge is 0.321 e. The molecule has 0 unspecified atom stereocenters. The van der Waals surface area contributed by atoms with E-state index in [0.717, 1.165) is 12.1 Å². The molecule has 7 heteroatoms. The van der Waals surface area contributed by atoms with Crippen molar-refractivity contribution in [2.75, 3.05) is 16.8 Å². The zero-order valence-electron chi connectivity index (χ0n) is 17.2. The van der Waals surface area contributed by atoms with E-state index in [2.05, 4.69) is 10.4 Å². The highest BCUT2D eigenvalue weighted by molar-refractivity contribution is 6.11. The maximum Gasteiger partial charge on any atom is 0.279 e. The number of fused-ring (bicyclic) bond motifs is 1. The normalized spacial score (nSPS) is 13.5. The Hall–Kier alpha value is -4.26. The van der Waals surface area contributed by atoms with Crippen molar-refractivity contribution in [1.82, 2.24) is 9.78 Å². The molecule has 3 aromatic carbocycles. The molecule has 32 heavy (non-hydrogen) atoms. The zero-order valence-corrected chi connectivity index (χ0v) is 17.2. The molecule has 0 bridgehead atoms. The minimum absolute atomic E-state index is 0.112. The van der Waals surface area contributed by atoms with Crippen molar-refractivity contribution in [3.05, 3.63) is 94.9 Å². The lowest BCUT2D eigenvalue weighted by atomic mass is 10.1. The van der Waals surface area contributed by atoms with Gasteiger partial charge in [0.1, 0.15) is 0 Å². The van der Waals surface area contributed by atoms with Gasteiger partial charge in [-0.2, -0.15) is 9.78 Å². The number of benzene rings is 3. The lowest BCUT2D eigenvalue weighted by molar-refractivity contribution is -0.117. The third kappa shape index (κ3) is 3.54. The summed E-state index contributed by atoms with van der Waals surface area (Å²) >= 11 is 0. The van der Waals surface area contributed by atoms with Gasteiger partial charge in [0.15, 0.2) is 5.69 Å². The van der Waals surface area contributed by atoms with Crippen LogP contribution in [-0.4, -0.2) is 28.1 Å². The van der Waals surface area contributed by atoms with Crippen molar-refractivity contribution in [3.8, 4) is 5.69 Å². The monoisotopic (exact) mass is 424 g/mol. The quantitative estimate of drug-likeness (QED) is 0.541. The molecule has 1 aliphatic rings. The van der Waals surface area contributed by atoms with Crippen LogP contribution in [0.25, 0.3) is 16.5 Å². The molecule has 1 aromatic heterocycles.